The zero-order valence-electron chi connectivity index (χ0n) is 8.71. The molecule has 0 aliphatic rings. The Labute approximate surface area is 98.3 Å². The Morgan fingerprint density at radius 1 is 1.39 bits per heavy atom. The van der Waals surface area contributed by atoms with Crippen molar-refractivity contribution in [2.75, 3.05) is 0 Å². The quantitative estimate of drug-likeness (QED) is 0.850. The minimum Gasteiger partial charge on any atom is -0.463 e. The van der Waals surface area contributed by atoms with E-state index in [0.29, 0.717) is 6.07 Å². The van der Waals surface area contributed by atoms with Crippen molar-refractivity contribution in [2.24, 2.45) is 0 Å². The summed E-state index contributed by atoms with van der Waals surface area (Å²) < 4.78 is 43.0. The van der Waals surface area contributed by atoms with Gasteiger partial charge in [0.1, 0.15) is 17.4 Å². The molecule has 0 atom stereocenters. The first-order valence-corrected chi connectivity index (χ1v) is 4.72. The van der Waals surface area contributed by atoms with Gasteiger partial charge in [0.25, 0.3) is 5.56 Å². The fraction of sp³-hybridized carbons (Fsp3) is 0.0909. The van der Waals surface area contributed by atoms with Crippen LogP contribution in [-0.2, 0) is 6.18 Å². The molecule has 2 aromatic rings. The molecule has 1 N–H and O–H groups in total. The minimum atomic E-state index is -4.78. The van der Waals surface area contributed by atoms with Gasteiger partial charge in [-0.25, -0.2) is 0 Å². The number of nitrogens with zero attached hydrogens (tertiary/aromatic N) is 1. The monoisotopic (exact) mass is 254 g/mol. The molecule has 4 nitrogen and oxygen atoms in total. The molecule has 0 radical (unpaired) electrons. The predicted molar refractivity (Wildman–Crippen MR) is 54.5 cm³/mol. The van der Waals surface area contributed by atoms with E-state index in [1.807, 2.05) is 0 Å². The summed E-state index contributed by atoms with van der Waals surface area (Å²) in [5, 5.41) is 8.59. The molecule has 0 unspecified atom stereocenters. The van der Waals surface area contributed by atoms with Crippen LogP contribution in [0.25, 0.3) is 11.5 Å². The van der Waals surface area contributed by atoms with Crippen molar-refractivity contribution in [2.45, 2.75) is 6.18 Å². The van der Waals surface area contributed by atoms with E-state index < -0.39 is 22.9 Å². The van der Waals surface area contributed by atoms with Crippen LogP contribution in [0.4, 0.5) is 13.2 Å². The molecule has 2 aromatic heterocycles. The highest BCUT2D eigenvalue weighted by atomic mass is 19.4. The highest BCUT2D eigenvalue weighted by Crippen LogP contribution is 2.32. The van der Waals surface area contributed by atoms with E-state index in [2.05, 4.69) is 4.98 Å². The first-order valence-electron chi connectivity index (χ1n) is 4.72. The Hall–Kier alpha value is -2.49. The van der Waals surface area contributed by atoms with Crippen LogP contribution in [0.15, 0.2) is 33.7 Å². The minimum absolute atomic E-state index is 0.0853. The first kappa shape index (κ1) is 12.0. The maximum Gasteiger partial charge on any atom is 0.417 e. The smallest absolute Gasteiger partial charge is 0.417 e. The van der Waals surface area contributed by atoms with E-state index >= 15 is 0 Å². The molecule has 18 heavy (non-hydrogen) atoms. The molecule has 7 heteroatoms. The number of hydrogen-bond acceptors (Lipinski definition) is 3. The summed E-state index contributed by atoms with van der Waals surface area (Å²) in [6.07, 6.45) is -3.51. The Bertz CT molecular complexity index is 663. The van der Waals surface area contributed by atoms with Gasteiger partial charge in [-0.15, -0.1) is 0 Å². The van der Waals surface area contributed by atoms with Crippen LogP contribution >= 0.6 is 0 Å². The molecule has 0 fully saturated rings. The normalized spacial score (nSPS) is 11.2. The Morgan fingerprint density at radius 3 is 2.61 bits per heavy atom. The topological polar surface area (TPSA) is 69.8 Å². The summed E-state index contributed by atoms with van der Waals surface area (Å²) >= 11 is 0. The fourth-order valence-corrected chi connectivity index (χ4v) is 1.46. The van der Waals surface area contributed by atoms with Crippen molar-refractivity contribution in [3.8, 4) is 17.5 Å². The number of rotatable bonds is 1. The summed E-state index contributed by atoms with van der Waals surface area (Å²) in [6, 6.07) is 4.80. The number of halogens is 3. The molecular weight excluding hydrogens is 249 g/mol. The number of alkyl halides is 3. The molecule has 2 heterocycles. The maximum absolute atomic E-state index is 12.7. The lowest BCUT2D eigenvalue weighted by atomic mass is 10.1. The summed E-state index contributed by atoms with van der Waals surface area (Å²) in [5.74, 6) is 0.0853. The van der Waals surface area contributed by atoms with Crippen LogP contribution in [0.1, 0.15) is 11.1 Å². The van der Waals surface area contributed by atoms with Crippen molar-refractivity contribution >= 4 is 0 Å². The van der Waals surface area contributed by atoms with Gasteiger partial charge < -0.3 is 9.40 Å². The van der Waals surface area contributed by atoms with Crippen molar-refractivity contribution in [3.05, 3.63) is 45.9 Å². The zero-order chi connectivity index (χ0) is 13.3. The highest BCUT2D eigenvalue weighted by molar-refractivity contribution is 5.55. The first-order chi connectivity index (χ1) is 8.43. The fourth-order valence-electron chi connectivity index (χ4n) is 1.46. The average molecular weight is 254 g/mol. The molecule has 0 spiro atoms. The number of pyridine rings is 1. The van der Waals surface area contributed by atoms with Gasteiger partial charge in [-0.3, -0.25) is 4.79 Å². The Kier molecular flexibility index (Phi) is 2.71. The second-order valence-electron chi connectivity index (χ2n) is 3.39. The van der Waals surface area contributed by atoms with Gasteiger partial charge in [0.2, 0.25) is 0 Å². The molecule has 0 aliphatic carbocycles. The van der Waals surface area contributed by atoms with Crippen LogP contribution in [0.5, 0.6) is 0 Å². The maximum atomic E-state index is 12.7. The highest BCUT2D eigenvalue weighted by Gasteiger charge is 2.35. The molecule has 92 valence electrons. The molecule has 0 saturated heterocycles. The summed E-state index contributed by atoms with van der Waals surface area (Å²) in [6.45, 7) is 0. The molecule has 0 amide bonds. The van der Waals surface area contributed by atoms with Gasteiger partial charge in [0.05, 0.1) is 17.5 Å². The van der Waals surface area contributed by atoms with E-state index in [1.165, 1.54) is 24.5 Å². The van der Waals surface area contributed by atoms with Gasteiger partial charge >= 0.3 is 6.18 Å². The number of aromatic amines is 1. The van der Waals surface area contributed by atoms with Crippen molar-refractivity contribution < 1.29 is 17.6 Å². The third kappa shape index (κ3) is 2.00. The number of H-pyrrole nitrogens is 1. The number of aromatic nitrogens is 1. The number of nitriles is 1. The largest absolute Gasteiger partial charge is 0.463 e. The molecule has 0 aliphatic heterocycles. The SMILES string of the molecule is N#Cc1c(C(F)(F)F)cc(-c2ccco2)[nH]c1=O. The van der Waals surface area contributed by atoms with Gasteiger partial charge in [0, 0.05) is 0 Å². The summed E-state index contributed by atoms with van der Waals surface area (Å²) in [5.41, 5.74) is -3.46. The average Bonchev–Trinajstić information content (AvgIpc) is 2.80. The standard InChI is InChI=1S/C11H5F3N2O2/c12-11(13,14)7-4-8(9-2-1-3-18-9)16-10(17)6(7)5-15/h1-4H,(H,16,17). The second kappa shape index (κ2) is 4.07. The lowest BCUT2D eigenvalue weighted by Gasteiger charge is -2.09. The second-order valence-corrected chi connectivity index (χ2v) is 3.39. The van der Waals surface area contributed by atoms with Crippen molar-refractivity contribution in [1.82, 2.24) is 4.98 Å². The predicted octanol–water partition coefficient (Wildman–Crippen LogP) is 2.53. The van der Waals surface area contributed by atoms with Crippen LogP contribution in [0.2, 0.25) is 0 Å². The molecule has 2 rings (SSSR count). The third-order valence-corrected chi connectivity index (χ3v) is 2.24. The van der Waals surface area contributed by atoms with Crippen LogP contribution in [0, 0.1) is 11.3 Å². The van der Waals surface area contributed by atoms with E-state index in [-0.39, 0.29) is 11.5 Å². The lowest BCUT2D eigenvalue weighted by molar-refractivity contribution is -0.137. The molecule has 0 bridgehead atoms. The van der Waals surface area contributed by atoms with Gasteiger partial charge in [-0.1, -0.05) is 0 Å². The Morgan fingerprint density at radius 2 is 2.11 bits per heavy atom. The summed E-state index contributed by atoms with van der Waals surface area (Å²) in [4.78, 5) is 13.6. The third-order valence-electron chi connectivity index (χ3n) is 2.24. The number of furan rings is 1. The van der Waals surface area contributed by atoms with Crippen LogP contribution < -0.4 is 5.56 Å². The molecule has 0 saturated carbocycles. The van der Waals surface area contributed by atoms with Gasteiger partial charge in [-0.05, 0) is 18.2 Å². The van der Waals surface area contributed by atoms with E-state index in [4.69, 9.17) is 9.68 Å². The Balaban J connectivity index is 2.73. The van der Waals surface area contributed by atoms with Crippen molar-refractivity contribution in [3.63, 3.8) is 0 Å². The number of nitrogens with one attached hydrogen (secondary N) is 1. The molecular formula is C11H5F3N2O2. The van der Waals surface area contributed by atoms with Crippen molar-refractivity contribution in [1.29, 1.82) is 5.26 Å². The van der Waals surface area contributed by atoms with Gasteiger partial charge in [-0.2, -0.15) is 18.4 Å². The van der Waals surface area contributed by atoms with Crippen LogP contribution in [-0.4, -0.2) is 4.98 Å². The van der Waals surface area contributed by atoms with Gasteiger partial charge in [0.15, 0.2) is 0 Å². The number of hydrogen-bond donors (Lipinski definition) is 1. The van der Waals surface area contributed by atoms with E-state index in [1.54, 1.807) is 0 Å². The van der Waals surface area contributed by atoms with E-state index in [0.717, 1.165) is 0 Å². The van der Waals surface area contributed by atoms with E-state index in [9.17, 15) is 18.0 Å². The molecule has 0 aromatic carbocycles. The summed E-state index contributed by atoms with van der Waals surface area (Å²) in [7, 11) is 0. The lowest BCUT2D eigenvalue weighted by Crippen LogP contribution is -2.19. The van der Waals surface area contributed by atoms with Crippen LogP contribution in [0.3, 0.4) is 0 Å². The zero-order valence-corrected chi connectivity index (χ0v) is 8.71.